The van der Waals surface area contributed by atoms with Crippen molar-refractivity contribution in [3.8, 4) is 6.07 Å². The van der Waals surface area contributed by atoms with Crippen molar-refractivity contribution in [1.82, 2.24) is 0 Å². The van der Waals surface area contributed by atoms with Crippen molar-refractivity contribution >= 4 is 0 Å². The second kappa shape index (κ2) is 3.18. The first-order chi connectivity index (χ1) is 5.27. The third kappa shape index (κ3) is 1.57. The molecule has 0 saturated carbocycles. The van der Waals surface area contributed by atoms with E-state index in [-0.39, 0.29) is 0 Å². The lowest BCUT2D eigenvalue weighted by atomic mass is 10.1. The molecule has 1 radical (unpaired) electrons. The normalized spacial score (nSPS) is 9.18. The zero-order chi connectivity index (χ0) is 8.27. The lowest BCUT2D eigenvalue weighted by Crippen LogP contribution is -1.85. The number of aryl methyl sites for hydroxylation is 1. The Morgan fingerprint density at radius 1 is 1.55 bits per heavy atom. The van der Waals surface area contributed by atoms with Crippen LogP contribution in [-0.2, 0) is 0 Å². The van der Waals surface area contributed by atoms with Crippen LogP contribution in [0.3, 0.4) is 0 Å². The van der Waals surface area contributed by atoms with Gasteiger partial charge in [0.05, 0.1) is 11.6 Å². The van der Waals surface area contributed by atoms with Crippen LogP contribution in [0.1, 0.15) is 16.7 Å². The van der Waals surface area contributed by atoms with Crippen LogP contribution in [0.25, 0.3) is 0 Å². The molecule has 1 N–H and O–H groups in total. The van der Waals surface area contributed by atoms with E-state index in [2.05, 4.69) is 6.07 Å². The van der Waals surface area contributed by atoms with E-state index >= 15 is 0 Å². The molecule has 0 saturated heterocycles. The first kappa shape index (κ1) is 7.77. The number of aliphatic hydroxyl groups excluding tert-OH is 1. The molecule has 0 fully saturated rings. The molecule has 0 aliphatic carbocycles. The molecule has 1 rings (SSSR count). The molecule has 0 atom stereocenters. The molecule has 0 aliphatic heterocycles. The second-order valence-electron chi connectivity index (χ2n) is 2.32. The highest BCUT2D eigenvalue weighted by atomic mass is 16.3. The van der Waals surface area contributed by atoms with Crippen LogP contribution in [0.4, 0.5) is 0 Å². The summed E-state index contributed by atoms with van der Waals surface area (Å²) in [5.74, 6) is 0. The molecular weight excluding hydrogens is 138 g/mol. The van der Waals surface area contributed by atoms with E-state index in [1.165, 1.54) is 0 Å². The molecule has 0 heterocycles. The van der Waals surface area contributed by atoms with Gasteiger partial charge in [0.25, 0.3) is 0 Å². The van der Waals surface area contributed by atoms with Gasteiger partial charge in [-0.25, -0.2) is 0 Å². The smallest absolute Gasteiger partial charge is 0.109 e. The number of hydrogen-bond donors (Lipinski definition) is 1. The Morgan fingerprint density at radius 3 is 2.73 bits per heavy atom. The van der Waals surface area contributed by atoms with E-state index in [9.17, 15) is 0 Å². The Balaban J connectivity index is 3.12. The lowest BCUT2D eigenvalue weighted by Gasteiger charge is -1.98. The van der Waals surface area contributed by atoms with Gasteiger partial charge in [-0.05, 0) is 24.1 Å². The van der Waals surface area contributed by atoms with Crippen LogP contribution in [0.5, 0.6) is 0 Å². The number of nitrogens with zero attached hydrogens (tertiary/aromatic N) is 1. The predicted molar refractivity (Wildman–Crippen MR) is 41.2 cm³/mol. The van der Waals surface area contributed by atoms with Crippen LogP contribution in [-0.4, -0.2) is 5.11 Å². The number of benzene rings is 1. The number of aliphatic hydroxyl groups is 1. The molecule has 0 unspecified atom stereocenters. The maximum Gasteiger partial charge on any atom is 0.109 e. The first-order valence-corrected chi connectivity index (χ1v) is 3.26. The summed E-state index contributed by atoms with van der Waals surface area (Å²) in [6.45, 7) is 2.86. The topological polar surface area (TPSA) is 44.0 Å². The minimum Gasteiger partial charge on any atom is -0.385 e. The van der Waals surface area contributed by atoms with E-state index in [0.717, 1.165) is 17.7 Å². The molecule has 1 aromatic carbocycles. The summed E-state index contributed by atoms with van der Waals surface area (Å²) in [4.78, 5) is 0. The second-order valence-corrected chi connectivity index (χ2v) is 2.32. The fraction of sp³-hybridized carbons (Fsp3) is 0.111. The summed E-state index contributed by atoms with van der Waals surface area (Å²) in [6, 6.07) is 7.21. The summed E-state index contributed by atoms with van der Waals surface area (Å²) in [5, 5.41) is 17.2. The summed E-state index contributed by atoms with van der Waals surface area (Å²) >= 11 is 0. The molecule has 0 amide bonds. The quantitative estimate of drug-likeness (QED) is 0.655. The highest BCUT2D eigenvalue weighted by Gasteiger charge is 1.97. The Labute approximate surface area is 65.7 Å². The molecule has 0 aromatic heterocycles. The van der Waals surface area contributed by atoms with Gasteiger partial charge in [0, 0.05) is 0 Å². The minimum atomic E-state index is 0.649. The summed E-state index contributed by atoms with van der Waals surface area (Å²) < 4.78 is 0. The maximum atomic E-state index is 8.62. The van der Waals surface area contributed by atoms with Crippen LogP contribution in [0, 0.1) is 24.9 Å². The Kier molecular flexibility index (Phi) is 2.25. The van der Waals surface area contributed by atoms with Crippen LogP contribution in [0.15, 0.2) is 18.2 Å². The molecule has 0 bridgehead atoms. The van der Waals surface area contributed by atoms with Gasteiger partial charge < -0.3 is 5.11 Å². The highest BCUT2D eigenvalue weighted by molar-refractivity contribution is 5.40. The Hall–Kier alpha value is -1.33. The minimum absolute atomic E-state index is 0.649. The molecule has 11 heavy (non-hydrogen) atoms. The third-order valence-electron chi connectivity index (χ3n) is 1.52. The molecule has 2 heteroatoms. The van der Waals surface area contributed by atoms with Gasteiger partial charge >= 0.3 is 0 Å². The average molecular weight is 146 g/mol. The van der Waals surface area contributed by atoms with Crippen molar-refractivity contribution in [2.75, 3.05) is 0 Å². The van der Waals surface area contributed by atoms with E-state index in [4.69, 9.17) is 10.4 Å². The van der Waals surface area contributed by atoms with E-state index in [0.29, 0.717) is 5.56 Å². The molecule has 2 nitrogen and oxygen atoms in total. The van der Waals surface area contributed by atoms with Gasteiger partial charge in [-0.15, -0.1) is 0 Å². The third-order valence-corrected chi connectivity index (χ3v) is 1.52. The van der Waals surface area contributed by atoms with Crippen molar-refractivity contribution in [2.45, 2.75) is 6.92 Å². The monoisotopic (exact) mass is 146 g/mol. The fourth-order valence-corrected chi connectivity index (χ4v) is 0.893. The van der Waals surface area contributed by atoms with E-state index in [1.54, 1.807) is 18.2 Å². The molecule has 0 aliphatic rings. The van der Waals surface area contributed by atoms with Crippen LogP contribution < -0.4 is 0 Å². The molecule has 1 aromatic rings. The largest absolute Gasteiger partial charge is 0.385 e. The zero-order valence-corrected chi connectivity index (χ0v) is 6.20. The number of nitriles is 1. The molecular formula is C9H8NO. The SMILES string of the molecule is Cc1cc([CH]O)ccc1C#N. The van der Waals surface area contributed by atoms with Gasteiger partial charge in [-0.1, -0.05) is 12.1 Å². The first-order valence-electron chi connectivity index (χ1n) is 3.26. The summed E-state index contributed by atoms with van der Waals surface area (Å²) in [6.07, 6.45) is 0. The summed E-state index contributed by atoms with van der Waals surface area (Å²) in [7, 11) is 0. The van der Waals surface area contributed by atoms with E-state index in [1.807, 2.05) is 6.92 Å². The van der Waals surface area contributed by atoms with Gasteiger partial charge in [-0.3, -0.25) is 0 Å². The zero-order valence-electron chi connectivity index (χ0n) is 6.20. The van der Waals surface area contributed by atoms with Crippen molar-refractivity contribution in [3.05, 3.63) is 41.5 Å². The van der Waals surface area contributed by atoms with Crippen molar-refractivity contribution in [3.63, 3.8) is 0 Å². The van der Waals surface area contributed by atoms with Crippen LogP contribution >= 0.6 is 0 Å². The average Bonchev–Trinajstić information content (AvgIpc) is 2.04. The van der Waals surface area contributed by atoms with Crippen LogP contribution in [0.2, 0.25) is 0 Å². The van der Waals surface area contributed by atoms with Gasteiger partial charge in [0.2, 0.25) is 0 Å². The van der Waals surface area contributed by atoms with Crippen molar-refractivity contribution in [1.29, 1.82) is 5.26 Å². The molecule has 55 valence electrons. The molecule has 0 spiro atoms. The van der Waals surface area contributed by atoms with Crippen molar-refractivity contribution in [2.24, 2.45) is 0 Å². The Bertz CT molecular complexity index is 299. The Morgan fingerprint density at radius 2 is 2.27 bits per heavy atom. The predicted octanol–water partition coefficient (Wildman–Crippen LogP) is 1.75. The maximum absolute atomic E-state index is 8.62. The number of hydrogen-bond acceptors (Lipinski definition) is 2. The summed E-state index contributed by atoms with van der Waals surface area (Å²) in [5.41, 5.74) is 2.26. The van der Waals surface area contributed by atoms with Crippen molar-refractivity contribution < 1.29 is 5.11 Å². The lowest BCUT2D eigenvalue weighted by molar-refractivity contribution is 0.415. The standard InChI is InChI=1S/C9H8NO/c1-7-4-8(6-11)2-3-9(7)5-10/h2-4,6,11H,1H3. The van der Waals surface area contributed by atoms with Gasteiger partial charge in [-0.2, -0.15) is 5.26 Å². The van der Waals surface area contributed by atoms with Gasteiger partial charge in [0.1, 0.15) is 6.61 Å². The fourth-order valence-electron chi connectivity index (χ4n) is 0.893. The van der Waals surface area contributed by atoms with E-state index < -0.39 is 0 Å². The number of rotatable bonds is 1. The van der Waals surface area contributed by atoms with Gasteiger partial charge in [0.15, 0.2) is 0 Å². The highest BCUT2D eigenvalue weighted by Crippen LogP contribution is 2.10.